The number of carbonyl (C=O) groups is 2. The van der Waals surface area contributed by atoms with E-state index in [1.165, 1.54) is 6.07 Å². The number of hydrogen-bond acceptors (Lipinski definition) is 5. The number of carbonyl (C=O) groups excluding carboxylic acids is 2. The van der Waals surface area contributed by atoms with Gasteiger partial charge in [-0.1, -0.05) is 6.07 Å². The quantitative estimate of drug-likeness (QED) is 0.640. The summed E-state index contributed by atoms with van der Waals surface area (Å²) in [5.41, 5.74) is 8.66. The van der Waals surface area contributed by atoms with Gasteiger partial charge in [-0.25, -0.2) is 10.2 Å². The van der Waals surface area contributed by atoms with Crippen LogP contribution in [0.15, 0.2) is 23.3 Å². The zero-order valence-corrected chi connectivity index (χ0v) is 10.5. The van der Waals surface area contributed by atoms with E-state index in [0.717, 1.165) is 12.1 Å². The van der Waals surface area contributed by atoms with Gasteiger partial charge in [0.15, 0.2) is 0 Å². The second kappa shape index (κ2) is 5.43. The minimum atomic E-state index is -5.05. The van der Waals surface area contributed by atoms with Crippen LogP contribution in [-0.4, -0.2) is 24.0 Å². The summed E-state index contributed by atoms with van der Waals surface area (Å²) in [6.45, 7) is 0. The number of hydrazone groups is 1. The number of amides is 1. The Kier molecular flexibility index (Phi) is 3.83. The summed E-state index contributed by atoms with van der Waals surface area (Å²) in [6.07, 6.45) is -4.47. The lowest BCUT2D eigenvalue weighted by molar-refractivity contribution is -0.291. The molecule has 0 fully saturated rings. The molecule has 3 N–H and O–H groups in total. The van der Waals surface area contributed by atoms with Crippen molar-refractivity contribution in [3.05, 3.63) is 29.3 Å². The van der Waals surface area contributed by atoms with Crippen molar-refractivity contribution in [2.24, 2.45) is 5.10 Å². The number of anilines is 1. The maximum Gasteiger partial charge on any atom is 0.575 e. The SMILES string of the molecule is Nc1cc(C(=O)OC(F)(F)F)ccc1C1=NNC(=O)CC1. The molecule has 1 aliphatic rings. The maximum absolute atomic E-state index is 12.0. The third kappa shape index (κ3) is 3.71. The van der Waals surface area contributed by atoms with Crippen molar-refractivity contribution in [2.45, 2.75) is 19.2 Å². The highest BCUT2D eigenvalue weighted by Gasteiger charge is 2.34. The zero-order chi connectivity index (χ0) is 15.6. The van der Waals surface area contributed by atoms with Gasteiger partial charge in [0.25, 0.3) is 0 Å². The van der Waals surface area contributed by atoms with E-state index in [-0.39, 0.29) is 23.6 Å². The molecule has 2 rings (SSSR count). The van der Waals surface area contributed by atoms with Crippen molar-refractivity contribution in [1.82, 2.24) is 5.43 Å². The number of hydrogen-bond donors (Lipinski definition) is 2. The fourth-order valence-electron chi connectivity index (χ4n) is 1.78. The molecule has 21 heavy (non-hydrogen) atoms. The van der Waals surface area contributed by atoms with Crippen molar-refractivity contribution >= 4 is 23.3 Å². The average molecular weight is 301 g/mol. The number of nitrogens with zero attached hydrogens (tertiary/aromatic N) is 1. The van der Waals surface area contributed by atoms with E-state index in [1.54, 1.807) is 0 Å². The molecule has 0 bridgehead atoms. The van der Waals surface area contributed by atoms with Gasteiger partial charge in [-0.2, -0.15) is 5.10 Å². The minimum Gasteiger partial charge on any atom is -0.398 e. The molecular weight excluding hydrogens is 291 g/mol. The molecule has 0 atom stereocenters. The lowest BCUT2D eigenvalue weighted by Gasteiger charge is -2.14. The first-order valence-corrected chi connectivity index (χ1v) is 5.81. The molecule has 1 amide bonds. The van der Waals surface area contributed by atoms with Crippen LogP contribution in [-0.2, 0) is 9.53 Å². The molecule has 0 aromatic heterocycles. The Morgan fingerprint density at radius 2 is 2.05 bits per heavy atom. The maximum atomic E-state index is 12.0. The van der Waals surface area contributed by atoms with Crippen molar-refractivity contribution in [3.63, 3.8) is 0 Å². The van der Waals surface area contributed by atoms with Crippen molar-refractivity contribution in [2.75, 3.05) is 5.73 Å². The first kappa shape index (κ1) is 14.8. The monoisotopic (exact) mass is 301 g/mol. The second-order valence-electron chi connectivity index (χ2n) is 4.23. The lowest BCUT2D eigenvalue weighted by Crippen LogP contribution is -2.26. The number of nitrogens with one attached hydrogen (secondary N) is 1. The summed E-state index contributed by atoms with van der Waals surface area (Å²) >= 11 is 0. The van der Waals surface area contributed by atoms with Gasteiger partial charge in [-0.15, -0.1) is 13.2 Å². The number of nitrogens with two attached hydrogens (primary N) is 1. The van der Waals surface area contributed by atoms with Crippen LogP contribution in [0.3, 0.4) is 0 Å². The van der Waals surface area contributed by atoms with E-state index >= 15 is 0 Å². The number of nitrogen functional groups attached to an aromatic ring is 1. The van der Waals surface area contributed by atoms with Gasteiger partial charge in [0.2, 0.25) is 5.91 Å². The Morgan fingerprint density at radius 3 is 2.57 bits per heavy atom. The van der Waals surface area contributed by atoms with Gasteiger partial charge in [0.1, 0.15) is 0 Å². The van der Waals surface area contributed by atoms with Crippen LogP contribution >= 0.6 is 0 Å². The standard InChI is InChI=1S/C12H10F3N3O3/c13-12(14,15)21-11(20)6-1-2-7(8(16)5-6)9-3-4-10(19)18-17-9/h1-2,5H,3-4,16H2,(H,18,19). The molecule has 1 heterocycles. The molecule has 0 spiro atoms. The van der Waals surface area contributed by atoms with Crippen LogP contribution in [0.25, 0.3) is 0 Å². The molecule has 0 saturated carbocycles. The summed E-state index contributed by atoms with van der Waals surface area (Å²) in [5, 5.41) is 3.82. The molecule has 0 aliphatic carbocycles. The average Bonchev–Trinajstić information content (AvgIpc) is 2.38. The normalized spacial score (nSPS) is 15.2. The summed E-state index contributed by atoms with van der Waals surface area (Å²) in [4.78, 5) is 22.2. The molecule has 1 aliphatic heterocycles. The van der Waals surface area contributed by atoms with Crippen molar-refractivity contribution in [3.8, 4) is 0 Å². The van der Waals surface area contributed by atoms with Crippen molar-refractivity contribution in [1.29, 1.82) is 0 Å². The largest absolute Gasteiger partial charge is 0.575 e. The topological polar surface area (TPSA) is 93.8 Å². The highest BCUT2D eigenvalue weighted by molar-refractivity contribution is 6.08. The van der Waals surface area contributed by atoms with Gasteiger partial charge < -0.3 is 10.5 Å². The van der Waals surface area contributed by atoms with E-state index in [9.17, 15) is 22.8 Å². The van der Waals surface area contributed by atoms with Crippen LogP contribution in [0.4, 0.5) is 18.9 Å². The third-order valence-corrected chi connectivity index (χ3v) is 2.71. The summed E-state index contributed by atoms with van der Waals surface area (Å²) < 4.78 is 39.2. The Labute approximate surface area is 116 Å². The van der Waals surface area contributed by atoms with Gasteiger partial charge in [-0.3, -0.25) is 4.79 Å². The highest BCUT2D eigenvalue weighted by atomic mass is 19.4. The minimum absolute atomic E-state index is 0.0709. The predicted molar refractivity (Wildman–Crippen MR) is 66.2 cm³/mol. The van der Waals surface area contributed by atoms with Crippen LogP contribution in [0.5, 0.6) is 0 Å². The Morgan fingerprint density at radius 1 is 1.33 bits per heavy atom. The van der Waals surface area contributed by atoms with Crippen LogP contribution in [0.2, 0.25) is 0 Å². The van der Waals surface area contributed by atoms with Crippen LogP contribution in [0.1, 0.15) is 28.8 Å². The molecule has 0 saturated heterocycles. The molecule has 0 radical (unpaired) electrons. The van der Waals surface area contributed by atoms with E-state index < -0.39 is 12.3 Å². The third-order valence-electron chi connectivity index (χ3n) is 2.71. The summed E-state index contributed by atoms with van der Waals surface area (Å²) in [7, 11) is 0. The zero-order valence-electron chi connectivity index (χ0n) is 10.5. The Bertz CT molecular complexity index is 626. The first-order chi connectivity index (χ1) is 9.76. The predicted octanol–water partition coefficient (Wildman–Crippen LogP) is 1.56. The number of benzene rings is 1. The van der Waals surface area contributed by atoms with Gasteiger partial charge in [0.05, 0.1) is 11.3 Å². The number of ether oxygens (including phenoxy) is 1. The number of rotatable bonds is 2. The smallest absolute Gasteiger partial charge is 0.398 e. The second-order valence-corrected chi connectivity index (χ2v) is 4.23. The molecule has 9 heteroatoms. The fourth-order valence-corrected chi connectivity index (χ4v) is 1.78. The Balaban J connectivity index is 2.22. The van der Waals surface area contributed by atoms with Gasteiger partial charge in [-0.05, 0) is 12.1 Å². The summed E-state index contributed by atoms with van der Waals surface area (Å²) in [5.74, 6) is -1.78. The number of esters is 1. The highest BCUT2D eigenvalue weighted by Crippen LogP contribution is 2.22. The first-order valence-electron chi connectivity index (χ1n) is 5.81. The van der Waals surface area contributed by atoms with Gasteiger partial charge >= 0.3 is 12.3 Å². The molecule has 1 aromatic rings. The molecule has 112 valence electrons. The van der Waals surface area contributed by atoms with Gasteiger partial charge in [0, 0.05) is 24.1 Å². The molecule has 0 unspecified atom stereocenters. The van der Waals surface area contributed by atoms with Crippen LogP contribution in [0, 0.1) is 0 Å². The Hall–Kier alpha value is -2.58. The lowest BCUT2D eigenvalue weighted by atomic mass is 10.0. The van der Waals surface area contributed by atoms with E-state index in [0.29, 0.717) is 17.7 Å². The van der Waals surface area contributed by atoms with Crippen LogP contribution < -0.4 is 11.2 Å². The van der Waals surface area contributed by atoms with E-state index in [2.05, 4.69) is 15.3 Å². The fraction of sp³-hybridized carbons (Fsp3) is 0.250. The van der Waals surface area contributed by atoms with Crippen molar-refractivity contribution < 1.29 is 27.5 Å². The molecular formula is C12H10F3N3O3. The van der Waals surface area contributed by atoms with E-state index in [4.69, 9.17) is 5.73 Å². The molecule has 1 aromatic carbocycles. The summed E-state index contributed by atoms with van der Waals surface area (Å²) in [6, 6.07) is 3.58. The number of halogens is 3. The molecule has 6 nitrogen and oxygen atoms in total. The van der Waals surface area contributed by atoms with E-state index in [1.807, 2.05) is 0 Å². The number of alkyl halides is 3.